The van der Waals surface area contributed by atoms with Crippen molar-refractivity contribution < 1.29 is 0 Å². The molecule has 4 heteroatoms. The Bertz CT molecular complexity index is 948. The van der Waals surface area contributed by atoms with Crippen LogP contribution in [0.3, 0.4) is 0 Å². The van der Waals surface area contributed by atoms with Crippen LogP contribution in [0.15, 0.2) is 87.5 Å². The fourth-order valence-electron chi connectivity index (χ4n) is 2.80. The van der Waals surface area contributed by atoms with Crippen LogP contribution in [0.5, 0.6) is 0 Å². The third kappa shape index (κ3) is 3.10. The van der Waals surface area contributed by atoms with E-state index in [0.717, 1.165) is 9.79 Å². The normalized spacial score (nSPS) is 11.2. The van der Waals surface area contributed by atoms with E-state index >= 15 is 0 Å². The molecule has 0 atom stereocenters. The molecule has 4 aromatic rings. The molecule has 0 spiro atoms. The maximum absolute atomic E-state index is 4.66. The molecular formula is C20H14S3Se. The van der Waals surface area contributed by atoms with Gasteiger partial charge in [0.25, 0.3) is 0 Å². The number of rotatable bonds is 3. The van der Waals surface area contributed by atoms with Crippen LogP contribution in [0.25, 0.3) is 21.5 Å². The van der Waals surface area contributed by atoms with E-state index in [1.165, 1.54) is 30.9 Å². The van der Waals surface area contributed by atoms with E-state index in [-0.39, 0.29) is 13.8 Å². The summed E-state index contributed by atoms with van der Waals surface area (Å²) in [6, 6.07) is 25.5. The van der Waals surface area contributed by atoms with Gasteiger partial charge < -0.3 is 0 Å². The molecule has 0 N–H and O–H groups in total. The predicted molar refractivity (Wildman–Crippen MR) is 114 cm³/mol. The Hall–Kier alpha value is -1.03. The molecule has 0 aromatic heterocycles. The second-order valence-electron chi connectivity index (χ2n) is 5.43. The van der Waals surface area contributed by atoms with Crippen molar-refractivity contribution in [1.29, 1.82) is 0 Å². The standard InChI is InChI=1S/C20H14S3Se/c21-15-9-1-5-13-7-3-11-17(19(13)15)23-24-18-12-4-8-14-6-2-10-16(22)20(14)18/h1-12,21-22H. The molecule has 24 heavy (non-hydrogen) atoms. The average molecular weight is 429 g/mol. The Morgan fingerprint density at radius 3 is 1.88 bits per heavy atom. The van der Waals surface area contributed by atoms with Crippen LogP contribution in [-0.2, 0) is 0 Å². The number of fused-ring (bicyclic) bond motifs is 2. The molecule has 0 aliphatic rings. The molecule has 0 saturated carbocycles. The molecule has 0 saturated heterocycles. The van der Waals surface area contributed by atoms with Crippen molar-refractivity contribution in [2.45, 2.75) is 14.7 Å². The maximum atomic E-state index is 4.66. The minimum absolute atomic E-state index is 0.267. The Kier molecular flexibility index (Phi) is 4.84. The summed E-state index contributed by atoms with van der Waals surface area (Å²) in [4.78, 5) is 3.39. The fraction of sp³-hybridized carbons (Fsp3) is 0. The summed E-state index contributed by atoms with van der Waals surface area (Å²) in [5.74, 6) is 0. The van der Waals surface area contributed by atoms with Crippen molar-refractivity contribution in [2.75, 3.05) is 0 Å². The summed E-state index contributed by atoms with van der Waals surface area (Å²) in [5.41, 5.74) is 0. The van der Waals surface area contributed by atoms with E-state index in [4.69, 9.17) is 0 Å². The van der Waals surface area contributed by atoms with Gasteiger partial charge in [0, 0.05) is 0 Å². The summed E-state index contributed by atoms with van der Waals surface area (Å²) < 4.78 is 1.38. The molecule has 4 aromatic carbocycles. The van der Waals surface area contributed by atoms with E-state index in [1.807, 2.05) is 10.2 Å². The summed E-state index contributed by atoms with van der Waals surface area (Å²) in [5, 5.41) is 5.04. The van der Waals surface area contributed by atoms with Crippen LogP contribution in [0.2, 0.25) is 0 Å². The minimum atomic E-state index is 0.267. The van der Waals surface area contributed by atoms with Gasteiger partial charge in [-0.05, 0) is 0 Å². The zero-order valence-corrected chi connectivity index (χ0v) is 17.0. The number of thiol groups is 2. The van der Waals surface area contributed by atoms with Crippen molar-refractivity contribution in [3.05, 3.63) is 72.8 Å². The molecule has 0 nitrogen and oxygen atoms in total. The number of hydrogen-bond acceptors (Lipinski definition) is 3. The number of hydrogen-bond donors (Lipinski definition) is 2. The molecule has 0 radical (unpaired) electrons. The summed E-state index contributed by atoms with van der Waals surface area (Å²) >= 11 is 9.59. The van der Waals surface area contributed by atoms with Crippen LogP contribution in [-0.4, -0.2) is 13.8 Å². The van der Waals surface area contributed by atoms with E-state index in [0.29, 0.717) is 0 Å². The summed E-state index contributed by atoms with van der Waals surface area (Å²) in [7, 11) is 1.92. The Morgan fingerprint density at radius 2 is 1.17 bits per heavy atom. The molecule has 0 amide bonds. The van der Waals surface area contributed by atoms with Crippen molar-refractivity contribution in [3.63, 3.8) is 0 Å². The van der Waals surface area contributed by atoms with Gasteiger partial charge in [0.05, 0.1) is 0 Å². The first-order valence-corrected chi connectivity index (χ1v) is 12.1. The van der Waals surface area contributed by atoms with Gasteiger partial charge in [-0.3, -0.25) is 0 Å². The number of benzene rings is 4. The summed E-state index contributed by atoms with van der Waals surface area (Å²) in [6.07, 6.45) is 0. The molecule has 0 unspecified atom stereocenters. The van der Waals surface area contributed by atoms with E-state index in [1.54, 1.807) is 0 Å². The van der Waals surface area contributed by atoms with Gasteiger partial charge in [-0.15, -0.1) is 0 Å². The van der Waals surface area contributed by atoms with Crippen molar-refractivity contribution in [3.8, 4) is 0 Å². The molecule has 0 aliphatic carbocycles. The van der Waals surface area contributed by atoms with Gasteiger partial charge in [-0.2, -0.15) is 0 Å². The van der Waals surface area contributed by atoms with E-state index in [2.05, 4.69) is 98.1 Å². The van der Waals surface area contributed by atoms with Crippen LogP contribution >= 0.6 is 35.4 Å². The topological polar surface area (TPSA) is 0 Å². The second-order valence-corrected chi connectivity index (χ2v) is 10.2. The predicted octanol–water partition coefficient (Wildman–Crippen LogP) is 5.61. The second kappa shape index (κ2) is 7.07. The van der Waals surface area contributed by atoms with Gasteiger partial charge in [0.15, 0.2) is 0 Å². The molecule has 0 aliphatic heterocycles. The van der Waals surface area contributed by atoms with Gasteiger partial charge in [-0.25, -0.2) is 0 Å². The Labute approximate surface area is 162 Å². The van der Waals surface area contributed by atoms with Gasteiger partial charge >= 0.3 is 163 Å². The first kappa shape index (κ1) is 16.4. The van der Waals surface area contributed by atoms with E-state index < -0.39 is 0 Å². The van der Waals surface area contributed by atoms with Crippen molar-refractivity contribution in [2.24, 2.45) is 0 Å². The van der Waals surface area contributed by atoms with Crippen LogP contribution < -0.4 is 4.46 Å². The molecule has 4 rings (SSSR count). The van der Waals surface area contributed by atoms with Crippen molar-refractivity contribution >= 4 is 75.3 Å². The zero-order chi connectivity index (χ0) is 16.5. The quantitative estimate of drug-likeness (QED) is 0.315. The monoisotopic (exact) mass is 430 g/mol. The molecule has 0 heterocycles. The van der Waals surface area contributed by atoms with Crippen LogP contribution in [0.4, 0.5) is 0 Å². The third-order valence-corrected chi connectivity index (χ3v) is 8.94. The Morgan fingerprint density at radius 1 is 0.625 bits per heavy atom. The van der Waals surface area contributed by atoms with Gasteiger partial charge in [0.1, 0.15) is 0 Å². The molecule has 118 valence electrons. The van der Waals surface area contributed by atoms with Crippen LogP contribution in [0, 0.1) is 0 Å². The van der Waals surface area contributed by atoms with Gasteiger partial charge in [0.2, 0.25) is 0 Å². The van der Waals surface area contributed by atoms with Gasteiger partial charge in [-0.1, -0.05) is 0 Å². The molecular weight excluding hydrogens is 415 g/mol. The zero-order valence-electron chi connectivity index (χ0n) is 12.6. The first-order valence-electron chi connectivity index (χ1n) is 7.50. The molecule has 0 fully saturated rings. The van der Waals surface area contributed by atoms with Crippen LogP contribution in [0.1, 0.15) is 0 Å². The van der Waals surface area contributed by atoms with Crippen molar-refractivity contribution in [1.82, 2.24) is 0 Å². The Balaban J connectivity index is 1.74. The first-order chi connectivity index (χ1) is 11.7. The SMILES string of the molecule is Sc1cccc2cccc(S[Se]c3cccc4cccc(S)c34)c12. The summed E-state index contributed by atoms with van der Waals surface area (Å²) in [6.45, 7) is 0. The molecule has 0 bridgehead atoms. The van der Waals surface area contributed by atoms with E-state index in [9.17, 15) is 0 Å². The average Bonchev–Trinajstić information content (AvgIpc) is 2.60. The fourth-order valence-corrected chi connectivity index (χ4v) is 8.01. The third-order valence-electron chi connectivity index (χ3n) is 3.91.